The Balaban J connectivity index is 1.37. The molecule has 2 aromatic rings. The van der Waals surface area contributed by atoms with Gasteiger partial charge >= 0.3 is 0 Å². The topological polar surface area (TPSA) is 53.7 Å². The van der Waals surface area contributed by atoms with Crippen molar-refractivity contribution in [3.05, 3.63) is 29.8 Å². The molecule has 28 heavy (non-hydrogen) atoms. The van der Waals surface area contributed by atoms with E-state index in [9.17, 15) is 4.79 Å². The van der Waals surface area contributed by atoms with Crippen molar-refractivity contribution in [1.29, 1.82) is 0 Å². The average Bonchev–Trinajstić information content (AvgIpc) is 3.23. The van der Waals surface area contributed by atoms with Crippen molar-refractivity contribution in [3.63, 3.8) is 0 Å². The second kappa shape index (κ2) is 7.47. The summed E-state index contributed by atoms with van der Waals surface area (Å²) in [5, 5.41) is 0. The molecule has 2 saturated heterocycles. The van der Waals surface area contributed by atoms with Crippen molar-refractivity contribution in [2.75, 3.05) is 32.7 Å². The number of aryl methyl sites for hydroxylation is 1. The van der Waals surface area contributed by atoms with Crippen LogP contribution in [0.4, 0.5) is 0 Å². The number of imidazole rings is 1. The number of hydrogen-bond donors (Lipinski definition) is 0. The van der Waals surface area contributed by atoms with Gasteiger partial charge in [-0.05, 0) is 56.0 Å². The second-order valence-electron chi connectivity index (χ2n) is 9.81. The molecule has 152 valence electrons. The van der Waals surface area contributed by atoms with Crippen molar-refractivity contribution in [2.24, 2.45) is 17.3 Å². The first-order valence-corrected chi connectivity index (χ1v) is 10.6. The second-order valence-corrected chi connectivity index (χ2v) is 9.81. The largest absolute Gasteiger partial charge is 0.337 e. The Morgan fingerprint density at radius 3 is 2.57 bits per heavy atom. The SMILES string of the molecule is Cc1nc2ncccn2c1C(=O)N1CCC(C2CCN(CC(C)(C)C)C2)CC1. The quantitative estimate of drug-likeness (QED) is 0.816. The zero-order valence-electron chi connectivity index (χ0n) is 17.7. The summed E-state index contributed by atoms with van der Waals surface area (Å²) in [7, 11) is 0. The first-order valence-electron chi connectivity index (χ1n) is 10.6. The van der Waals surface area contributed by atoms with Gasteiger partial charge in [0.25, 0.3) is 5.91 Å². The molecule has 1 atom stereocenters. The van der Waals surface area contributed by atoms with E-state index in [-0.39, 0.29) is 5.91 Å². The molecule has 0 spiro atoms. The third-order valence-electron chi connectivity index (χ3n) is 6.28. The van der Waals surface area contributed by atoms with E-state index in [1.807, 2.05) is 28.5 Å². The van der Waals surface area contributed by atoms with E-state index in [1.54, 1.807) is 6.20 Å². The Labute approximate surface area is 167 Å². The normalized spacial score (nSPS) is 22.3. The molecule has 2 aliphatic rings. The summed E-state index contributed by atoms with van der Waals surface area (Å²) in [6.07, 6.45) is 7.14. The molecule has 2 aliphatic heterocycles. The van der Waals surface area contributed by atoms with Crippen LogP contribution in [0.2, 0.25) is 0 Å². The minimum Gasteiger partial charge on any atom is -0.337 e. The van der Waals surface area contributed by atoms with E-state index in [4.69, 9.17) is 0 Å². The predicted molar refractivity (Wildman–Crippen MR) is 110 cm³/mol. The van der Waals surface area contributed by atoms with Gasteiger partial charge in [0.1, 0.15) is 5.69 Å². The molecule has 0 saturated carbocycles. The summed E-state index contributed by atoms with van der Waals surface area (Å²) in [4.78, 5) is 26.5. The fourth-order valence-electron chi connectivity index (χ4n) is 5.04. The zero-order chi connectivity index (χ0) is 19.9. The molecule has 6 nitrogen and oxygen atoms in total. The highest BCUT2D eigenvalue weighted by atomic mass is 16.2. The van der Waals surface area contributed by atoms with Crippen LogP contribution in [0.15, 0.2) is 18.5 Å². The van der Waals surface area contributed by atoms with Crippen molar-refractivity contribution < 1.29 is 4.79 Å². The number of rotatable bonds is 3. The third kappa shape index (κ3) is 3.93. The first-order chi connectivity index (χ1) is 13.3. The molecule has 1 unspecified atom stereocenters. The lowest BCUT2D eigenvalue weighted by Gasteiger charge is -2.35. The van der Waals surface area contributed by atoms with Crippen LogP contribution in [0.5, 0.6) is 0 Å². The maximum absolute atomic E-state index is 13.2. The molecule has 4 heterocycles. The van der Waals surface area contributed by atoms with E-state index >= 15 is 0 Å². The number of aromatic nitrogens is 3. The van der Waals surface area contributed by atoms with Crippen molar-refractivity contribution in [3.8, 4) is 0 Å². The Bertz CT molecular complexity index is 844. The maximum Gasteiger partial charge on any atom is 0.272 e. The number of carbonyl (C=O) groups is 1. The molecule has 0 aliphatic carbocycles. The molecule has 0 aromatic carbocycles. The van der Waals surface area contributed by atoms with Gasteiger partial charge in [0.05, 0.1) is 5.69 Å². The van der Waals surface area contributed by atoms with Crippen molar-refractivity contribution in [1.82, 2.24) is 24.2 Å². The van der Waals surface area contributed by atoms with Gasteiger partial charge in [0, 0.05) is 38.6 Å². The molecule has 0 N–H and O–H groups in total. The predicted octanol–water partition coefficient (Wildman–Crippen LogP) is 3.26. The lowest BCUT2D eigenvalue weighted by atomic mass is 9.83. The third-order valence-corrected chi connectivity index (χ3v) is 6.28. The van der Waals surface area contributed by atoms with Crippen LogP contribution in [0, 0.1) is 24.2 Å². The van der Waals surface area contributed by atoms with E-state index in [0.717, 1.165) is 43.5 Å². The van der Waals surface area contributed by atoms with Crippen LogP contribution in [-0.2, 0) is 0 Å². The minimum atomic E-state index is 0.0947. The van der Waals surface area contributed by atoms with Gasteiger partial charge in [0.2, 0.25) is 5.78 Å². The minimum absolute atomic E-state index is 0.0947. The van der Waals surface area contributed by atoms with Crippen LogP contribution < -0.4 is 0 Å². The number of hydrogen-bond acceptors (Lipinski definition) is 4. The van der Waals surface area contributed by atoms with Crippen LogP contribution in [-0.4, -0.2) is 62.8 Å². The standard InChI is InChI=1S/C22H33N5O/c1-16-19(27-10-5-9-23-21(27)24-16)20(28)26-12-7-17(8-13-26)18-6-11-25(14-18)15-22(2,3)4/h5,9-10,17-18H,6-8,11-15H2,1-4H3. The summed E-state index contributed by atoms with van der Waals surface area (Å²) in [6.45, 7) is 14.2. The first kappa shape index (κ1) is 19.4. The van der Waals surface area contributed by atoms with E-state index in [2.05, 4.69) is 35.6 Å². The molecule has 2 fully saturated rings. The van der Waals surface area contributed by atoms with Crippen LogP contribution in [0.3, 0.4) is 0 Å². The van der Waals surface area contributed by atoms with Gasteiger partial charge in [-0.3, -0.25) is 9.20 Å². The lowest BCUT2D eigenvalue weighted by molar-refractivity contribution is 0.0649. The van der Waals surface area contributed by atoms with Crippen LogP contribution in [0.25, 0.3) is 5.78 Å². The number of amides is 1. The molecule has 0 bridgehead atoms. The van der Waals surface area contributed by atoms with E-state index in [0.29, 0.717) is 16.9 Å². The summed E-state index contributed by atoms with van der Waals surface area (Å²) in [5.74, 6) is 2.24. The summed E-state index contributed by atoms with van der Waals surface area (Å²) in [5.41, 5.74) is 1.80. The summed E-state index contributed by atoms with van der Waals surface area (Å²) < 4.78 is 1.82. The van der Waals surface area contributed by atoms with Crippen LogP contribution in [0.1, 0.15) is 56.2 Å². The molecule has 6 heteroatoms. The van der Waals surface area contributed by atoms with Crippen molar-refractivity contribution in [2.45, 2.75) is 47.0 Å². The highest BCUT2D eigenvalue weighted by Crippen LogP contribution is 2.33. The van der Waals surface area contributed by atoms with E-state index in [1.165, 1.54) is 26.1 Å². The number of piperidine rings is 1. The Kier molecular flexibility index (Phi) is 5.17. The Hall–Kier alpha value is -1.95. The smallest absolute Gasteiger partial charge is 0.272 e. The fraction of sp³-hybridized carbons (Fsp3) is 0.682. The van der Waals surface area contributed by atoms with Gasteiger partial charge in [-0.25, -0.2) is 9.97 Å². The van der Waals surface area contributed by atoms with Crippen LogP contribution >= 0.6 is 0 Å². The lowest BCUT2D eigenvalue weighted by Crippen LogP contribution is -2.41. The highest BCUT2D eigenvalue weighted by Gasteiger charge is 2.34. The molecule has 2 aromatic heterocycles. The Morgan fingerprint density at radius 1 is 1.14 bits per heavy atom. The molecular formula is C22H33N5O. The van der Waals surface area contributed by atoms with Gasteiger partial charge in [-0.1, -0.05) is 20.8 Å². The monoisotopic (exact) mass is 383 g/mol. The number of nitrogens with zero attached hydrogens (tertiary/aromatic N) is 5. The zero-order valence-corrected chi connectivity index (χ0v) is 17.7. The van der Waals surface area contributed by atoms with Crippen molar-refractivity contribution >= 4 is 11.7 Å². The summed E-state index contributed by atoms with van der Waals surface area (Å²) in [6, 6.07) is 1.85. The van der Waals surface area contributed by atoms with Gasteiger partial charge in [0.15, 0.2) is 0 Å². The van der Waals surface area contributed by atoms with Gasteiger partial charge in [-0.15, -0.1) is 0 Å². The number of likely N-dealkylation sites (tertiary alicyclic amines) is 2. The maximum atomic E-state index is 13.2. The molecule has 4 rings (SSSR count). The Morgan fingerprint density at radius 2 is 1.86 bits per heavy atom. The fourth-order valence-corrected chi connectivity index (χ4v) is 5.04. The highest BCUT2D eigenvalue weighted by molar-refractivity contribution is 5.94. The average molecular weight is 384 g/mol. The van der Waals surface area contributed by atoms with Gasteiger partial charge < -0.3 is 9.80 Å². The molecule has 0 radical (unpaired) electrons. The van der Waals surface area contributed by atoms with E-state index < -0.39 is 0 Å². The molecule has 1 amide bonds. The molecular weight excluding hydrogens is 350 g/mol. The number of carbonyl (C=O) groups excluding carboxylic acids is 1. The number of fused-ring (bicyclic) bond motifs is 1. The van der Waals surface area contributed by atoms with Gasteiger partial charge in [-0.2, -0.15) is 0 Å². The summed E-state index contributed by atoms with van der Waals surface area (Å²) >= 11 is 0.